The third-order valence-electron chi connectivity index (χ3n) is 17.7. The number of carbonyl (C=O) groups is 10. The third-order valence-corrected chi connectivity index (χ3v) is 17.7. The first kappa shape index (κ1) is 73.1. The van der Waals surface area contributed by atoms with E-state index in [0.29, 0.717) is 62.9 Å². The summed E-state index contributed by atoms with van der Waals surface area (Å²) in [7, 11) is 3.80. The molecule has 0 unspecified atom stereocenters. The molecule has 5 rings (SSSR count). The van der Waals surface area contributed by atoms with Crippen molar-refractivity contribution in [2.45, 2.75) is 278 Å². The van der Waals surface area contributed by atoms with Crippen molar-refractivity contribution in [3.63, 3.8) is 0 Å². The highest BCUT2D eigenvalue weighted by molar-refractivity contribution is 6.00. The Morgan fingerprint density at radius 3 is 1.51 bits per heavy atom. The van der Waals surface area contributed by atoms with Crippen molar-refractivity contribution in [3.05, 3.63) is 0 Å². The van der Waals surface area contributed by atoms with Crippen LogP contribution in [-0.2, 0) is 47.9 Å². The summed E-state index contributed by atoms with van der Waals surface area (Å²) in [6, 6.07) is -5.16. The Balaban J connectivity index is 1.41. The van der Waals surface area contributed by atoms with Gasteiger partial charge in [0.2, 0.25) is 59.1 Å². The molecule has 4 saturated carbocycles. The van der Waals surface area contributed by atoms with Gasteiger partial charge in [-0.1, -0.05) is 87.0 Å². The summed E-state index contributed by atoms with van der Waals surface area (Å²) in [4.78, 5) is 143. The van der Waals surface area contributed by atoms with Crippen molar-refractivity contribution in [2.24, 2.45) is 40.9 Å². The molecule has 0 aromatic carbocycles. The second-order valence-electron chi connectivity index (χ2n) is 29.5. The minimum absolute atomic E-state index is 0.0262. The zero-order valence-corrected chi connectivity index (χ0v) is 55.7. The number of likely N-dealkylation sites (N-methyl/N-ethyl adjacent to an activating group) is 1. The first-order valence-electron chi connectivity index (χ1n) is 32.8. The molecule has 21 nitrogen and oxygen atoms in total. The quantitative estimate of drug-likeness (QED) is 0.0345. The fraction of sp³-hybridized carbons (Fsp3) is 0.846. The summed E-state index contributed by atoms with van der Waals surface area (Å²) in [6.07, 6.45) is 15.5. The van der Waals surface area contributed by atoms with Crippen LogP contribution in [0.1, 0.15) is 225 Å². The van der Waals surface area contributed by atoms with E-state index in [2.05, 4.69) is 54.8 Å². The smallest absolute Gasteiger partial charge is 0.246 e. The van der Waals surface area contributed by atoms with E-state index in [0.717, 1.165) is 51.4 Å². The molecule has 0 aromatic rings. The first-order valence-corrected chi connectivity index (χ1v) is 32.8. The minimum Gasteiger partial charge on any atom is -0.354 e. The fourth-order valence-electron chi connectivity index (χ4n) is 13.8. The van der Waals surface area contributed by atoms with Gasteiger partial charge in [-0.2, -0.15) is 0 Å². The maximum absolute atomic E-state index is 14.5. The number of rotatable bonds is 36. The fourth-order valence-corrected chi connectivity index (χ4v) is 13.8. The molecule has 0 spiro atoms. The lowest BCUT2D eigenvalue weighted by Crippen LogP contribution is -2.65. The van der Waals surface area contributed by atoms with Crippen molar-refractivity contribution in [1.82, 2.24) is 57.7 Å². The van der Waals surface area contributed by atoms with E-state index in [9.17, 15) is 47.9 Å². The molecule has 1 aliphatic heterocycles. The molecule has 5 fully saturated rings. The Bertz CT molecular complexity index is 2300. The van der Waals surface area contributed by atoms with Gasteiger partial charge in [0.05, 0.1) is 0 Å². The Kier molecular flexibility index (Phi) is 27.9. The lowest BCUT2D eigenvalue weighted by Gasteiger charge is -2.57. The van der Waals surface area contributed by atoms with Crippen molar-refractivity contribution in [1.29, 1.82) is 0 Å². The predicted octanol–water partition coefficient (Wildman–Crippen LogP) is 5.67. The van der Waals surface area contributed by atoms with E-state index in [1.165, 1.54) is 60.8 Å². The number of unbranched alkanes of at least 4 members (excludes halogenated alkanes) is 5. The van der Waals surface area contributed by atoms with Crippen molar-refractivity contribution < 1.29 is 47.9 Å². The number of nitrogens with zero attached hydrogens (tertiary/aromatic N) is 2. The molecule has 9 N–H and O–H groups in total. The van der Waals surface area contributed by atoms with Crippen LogP contribution in [0.2, 0.25) is 0 Å². The summed E-state index contributed by atoms with van der Waals surface area (Å²) in [6.45, 7) is 25.5. The van der Waals surface area contributed by atoms with Gasteiger partial charge in [0.25, 0.3) is 0 Å². The van der Waals surface area contributed by atoms with E-state index in [4.69, 9.17) is 0 Å². The Hall–Kier alpha value is -5.34. The van der Waals surface area contributed by atoms with Crippen LogP contribution in [0.15, 0.2) is 0 Å². The van der Waals surface area contributed by atoms with Gasteiger partial charge < -0.3 is 57.7 Å². The van der Waals surface area contributed by atoms with Crippen LogP contribution in [0.4, 0.5) is 0 Å². The molecule has 1 heterocycles. The first-order chi connectivity index (χ1) is 40.0. The summed E-state index contributed by atoms with van der Waals surface area (Å²) >= 11 is 0. The number of hydrogen-bond acceptors (Lipinski definition) is 11. The normalized spacial score (nSPS) is 21.9. The SMILES string of the molecule is CCCCCCCC[C@H](NC(=O)[C@@H]1CCCN1C(=O)CC12CC3CC(CC(C3)C1)C2)C(=O)N[C@@H](CC(C)C)C(=O)NC(C)(C)C(=O)N[C@@H](CC(C)C)C(=O)N[C@@H](CC(C)C)C(=O)NC(C)(C)C(=O)NC(C)(C)C(=O)NCCC(=O)N[C@@H](C)CN(C)C. The minimum atomic E-state index is -1.62. The van der Waals surface area contributed by atoms with Gasteiger partial charge >= 0.3 is 0 Å². The molecule has 0 aromatic heterocycles. The van der Waals surface area contributed by atoms with Crippen LogP contribution >= 0.6 is 0 Å². The van der Waals surface area contributed by atoms with Gasteiger partial charge in [-0.05, 0) is 181 Å². The zero-order chi connectivity index (χ0) is 64.5. The van der Waals surface area contributed by atoms with Gasteiger partial charge in [-0.25, -0.2) is 0 Å². The molecule has 4 bridgehead atoms. The summed E-state index contributed by atoms with van der Waals surface area (Å²) < 4.78 is 0. The molecule has 86 heavy (non-hydrogen) atoms. The van der Waals surface area contributed by atoms with Gasteiger partial charge in [0.15, 0.2) is 0 Å². The molecule has 6 atom stereocenters. The van der Waals surface area contributed by atoms with Crippen molar-refractivity contribution >= 4 is 59.1 Å². The topological polar surface area (TPSA) is 285 Å². The lowest BCUT2D eigenvalue weighted by atomic mass is 9.49. The van der Waals surface area contributed by atoms with Gasteiger partial charge in [-0.3, -0.25) is 47.9 Å². The standard InChI is InChI=1S/C65H115N11O10/c1-17-18-19-20-21-22-24-47(68-58(83)51-25-23-28-76(51)53(78)38-65-35-44-32-45(36-65)34-46(33-44)37-65)54(79)69-49(30-41(4)5)56(81)72-63(11,12)60(85)71-48(29-40(2)3)55(80)70-50(31-42(6)7)57(82)73-64(13,14)61(86)74-62(9,10)59(84)66-27-26-52(77)67-43(8)39-75(15)16/h40-51H,17-39H2,1-16H3,(H,66,84)(H,67,77)(H,68,83)(H,69,79)(H,70,80)(H,71,85)(H,72,81)(H,73,82)(H,74,86)/t43-,44?,45?,46?,47-,48-,49-,50-,51-,65?/m0/s1. The Morgan fingerprint density at radius 2 is 1.01 bits per heavy atom. The average molecular weight is 1210 g/mol. The van der Waals surface area contributed by atoms with Gasteiger partial charge in [-0.15, -0.1) is 0 Å². The number of hydrogen-bond donors (Lipinski definition) is 9. The second-order valence-corrected chi connectivity index (χ2v) is 29.5. The lowest BCUT2D eigenvalue weighted by molar-refractivity contribution is -0.145. The monoisotopic (exact) mass is 1210 g/mol. The molecular formula is C65H115N11O10. The summed E-state index contributed by atoms with van der Waals surface area (Å²) in [5.74, 6) is -3.15. The van der Waals surface area contributed by atoms with Gasteiger partial charge in [0, 0.05) is 38.5 Å². The maximum atomic E-state index is 14.5. The van der Waals surface area contributed by atoms with E-state index in [-0.39, 0.29) is 79.2 Å². The van der Waals surface area contributed by atoms with Crippen LogP contribution < -0.4 is 47.9 Å². The maximum Gasteiger partial charge on any atom is 0.246 e. The van der Waals surface area contributed by atoms with E-state index in [1.807, 2.05) is 67.5 Å². The van der Waals surface area contributed by atoms with Crippen LogP contribution in [0.5, 0.6) is 0 Å². The number of carbonyl (C=O) groups excluding carboxylic acids is 10. The zero-order valence-electron chi connectivity index (χ0n) is 55.7. The highest BCUT2D eigenvalue weighted by atomic mass is 16.2. The third kappa shape index (κ3) is 23.0. The second kappa shape index (κ2) is 32.8. The highest BCUT2D eigenvalue weighted by Gasteiger charge is 2.53. The van der Waals surface area contributed by atoms with Crippen molar-refractivity contribution in [3.8, 4) is 0 Å². The van der Waals surface area contributed by atoms with Gasteiger partial charge in [0.1, 0.15) is 46.8 Å². The van der Waals surface area contributed by atoms with Crippen molar-refractivity contribution in [2.75, 3.05) is 33.7 Å². The molecule has 0 radical (unpaired) electrons. The molecule has 1 saturated heterocycles. The molecule has 5 aliphatic rings. The van der Waals surface area contributed by atoms with Crippen LogP contribution in [0.25, 0.3) is 0 Å². The number of likely N-dealkylation sites (tertiary alicyclic amines) is 1. The largest absolute Gasteiger partial charge is 0.354 e. The van der Waals surface area contributed by atoms with E-state index >= 15 is 0 Å². The molecule has 10 amide bonds. The molecular weight excluding hydrogens is 1090 g/mol. The van der Waals surface area contributed by atoms with Crippen LogP contribution in [0, 0.1) is 40.9 Å². The summed E-state index contributed by atoms with van der Waals surface area (Å²) in [5, 5.41) is 25.5. The predicted molar refractivity (Wildman–Crippen MR) is 334 cm³/mol. The Morgan fingerprint density at radius 1 is 0.547 bits per heavy atom. The molecule has 21 heteroatoms. The molecule has 4 aliphatic carbocycles. The van der Waals surface area contributed by atoms with E-state index < -0.39 is 88.2 Å². The van der Waals surface area contributed by atoms with Crippen LogP contribution in [0.3, 0.4) is 0 Å². The molecule has 490 valence electrons. The number of amides is 10. The van der Waals surface area contributed by atoms with Crippen LogP contribution in [-0.4, -0.2) is 155 Å². The summed E-state index contributed by atoms with van der Waals surface area (Å²) in [5.41, 5.74) is -4.62. The Labute approximate surface area is 515 Å². The van der Waals surface area contributed by atoms with E-state index in [1.54, 1.807) is 4.90 Å². The number of nitrogens with one attached hydrogen (secondary N) is 9. The highest BCUT2D eigenvalue weighted by Crippen LogP contribution is 2.61. The average Bonchev–Trinajstić information content (AvgIpc) is 0.871.